The molecule has 0 radical (unpaired) electrons. The first-order valence-corrected chi connectivity index (χ1v) is 6.82. The largest absolute Gasteiger partial charge is 0.508 e. The Labute approximate surface area is 128 Å². The number of nitrogens with one attached hydrogen (secondary N) is 1. The minimum Gasteiger partial charge on any atom is -0.508 e. The lowest BCUT2D eigenvalue weighted by atomic mass is 9.92. The van der Waals surface area contributed by atoms with Crippen molar-refractivity contribution >= 4 is 5.91 Å². The van der Waals surface area contributed by atoms with Gasteiger partial charge in [-0.25, -0.2) is 4.39 Å². The van der Waals surface area contributed by atoms with Gasteiger partial charge in [0.05, 0.1) is 17.7 Å². The highest BCUT2D eigenvalue weighted by molar-refractivity contribution is 5.95. The molecule has 116 valence electrons. The molecule has 5 heteroatoms. The fourth-order valence-corrected chi connectivity index (χ4v) is 2.29. The highest BCUT2D eigenvalue weighted by Crippen LogP contribution is 2.23. The van der Waals surface area contributed by atoms with Gasteiger partial charge in [-0.05, 0) is 24.6 Å². The molecule has 2 aromatic rings. The number of carbonyl (C=O) groups excluding carboxylic acids is 1. The van der Waals surface area contributed by atoms with E-state index in [-0.39, 0.29) is 17.9 Å². The highest BCUT2D eigenvalue weighted by atomic mass is 19.1. The van der Waals surface area contributed by atoms with Crippen LogP contribution in [0, 0.1) is 5.82 Å². The summed E-state index contributed by atoms with van der Waals surface area (Å²) >= 11 is 0. The van der Waals surface area contributed by atoms with Crippen molar-refractivity contribution in [1.82, 2.24) is 5.32 Å². The lowest BCUT2D eigenvalue weighted by molar-refractivity contribution is 0.0782. The summed E-state index contributed by atoms with van der Waals surface area (Å²) in [5, 5.41) is 12.0. The van der Waals surface area contributed by atoms with Crippen LogP contribution in [0.2, 0.25) is 0 Å². The molecule has 22 heavy (non-hydrogen) atoms. The van der Waals surface area contributed by atoms with Crippen molar-refractivity contribution in [2.75, 3.05) is 13.7 Å². The van der Waals surface area contributed by atoms with E-state index in [0.29, 0.717) is 0 Å². The van der Waals surface area contributed by atoms with E-state index in [1.807, 2.05) is 37.3 Å². The van der Waals surface area contributed by atoms with Crippen LogP contribution in [0.25, 0.3) is 0 Å². The van der Waals surface area contributed by atoms with Gasteiger partial charge >= 0.3 is 0 Å². The topological polar surface area (TPSA) is 58.6 Å². The molecule has 2 N–H and O–H groups in total. The Morgan fingerprint density at radius 2 is 1.95 bits per heavy atom. The van der Waals surface area contributed by atoms with Crippen LogP contribution in [0.3, 0.4) is 0 Å². The number of ether oxygens (including phenoxy) is 1. The molecule has 0 heterocycles. The summed E-state index contributed by atoms with van der Waals surface area (Å²) in [5.41, 5.74) is -0.0716. The Morgan fingerprint density at radius 1 is 1.27 bits per heavy atom. The Balaban J connectivity index is 2.29. The number of hydrogen-bond donors (Lipinski definition) is 2. The molecule has 0 aliphatic heterocycles. The fraction of sp³-hybridized carbons (Fsp3) is 0.235. The second-order valence-electron chi connectivity index (χ2n) is 5.25. The predicted octanol–water partition coefficient (Wildman–Crippen LogP) is 2.82. The van der Waals surface area contributed by atoms with Gasteiger partial charge in [-0.3, -0.25) is 4.79 Å². The summed E-state index contributed by atoms with van der Waals surface area (Å²) in [6, 6.07) is 12.8. The summed E-state index contributed by atoms with van der Waals surface area (Å²) in [5.74, 6) is -1.57. The Morgan fingerprint density at radius 3 is 2.55 bits per heavy atom. The van der Waals surface area contributed by atoms with E-state index in [1.165, 1.54) is 19.2 Å². The lowest BCUT2D eigenvalue weighted by Gasteiger charge is -2.30. The smallest absolute Gasteiger partial charge is 0.255 e. The van der Waals surface area contributed by atoms with Crippen LogP contribution in [0.5, 0.6) is 5.75 Å². The van der Waals surface area contributed by atoms with E-state index in [1.54, 1.807) is 0 Å². The van der Waals surface area contributed by atoms with Crippen molar-refractivity contribution < 1.29 is 19.0 Å². The van der Waals surface area contributed by atoms with Gasteiger partial charge in [-0.2, -0.15) is 0 Å². The van der Waals surface area contributed by atoms with Crippen molar-refractivity contribution in [3.8, 4) is 5.75 Å². The van der Waals surface area contributed by atoms with Crippen LogP contribution < -0.4 is 5.32 Å². The first-order chi connectivity index (χ1) is 10.5. The van der Waals surface area contributed by atoms with Crippen LogP contribution in [0.4, 0.5) is 4.39 Å². The maximum Gasteiger partial charge on any atom is 0.255 e. The van der Waals surface area contributed by atoms with Gasteiger partial charge in [0.2, 0.25) is 0 Å². The molecule has 2 aromatic carbocycles. The van der Waals surface area contributed by atoms with E-state index in [0.717, 1.165) is 11.6 Å². The maximum absolute atomic E-state index is 13.8. The summed E-state index contributed by atoms with van der Waals surface area (Å²) in [6.07, 6.45) is 0. The van der Waals surface area contributed by atoms with E-state index in [9.17, 15) is 14.3 Å². The number of methoxy groups -OCH3 is 1. The Kier molecular flexibility index (Phi) is 4.78. The summed E-state index contributed by atoms with van der Waals surface area (Å²) in [7, 11) is 1.54. The molecule has 4 nitrogen and oxygen atoms in total. The molecule has 0 fully saturated rings. The molecule has 0 saturated carbocycles. The van der Waals surface area contributed by atoms with E-state index in [2.05, 4.69) is 5.32 Å². The van der Waals surface area contributed by atoms with E-state index >= 15 is 0 Å². The lowest BCUT2D eigenvalue weighted by Crippen LogP contribution is -2.47. The number of halogens is 1. The Hall–Kier alpha value is -2.40. The molecule has 0 aliphatic carbocycles. The molecular weight excluding hydrogens is 285 g/mol. The van der Waals surface area contributed by atoms with E-state index in [4.69, 9.17) is 4.74 Å². The van der Waals surface area contributed by atoms with Crippen LogP contribution in [-0.4, -0.2) is 24.7 Å². The van der Waals surface area contributed by atoms with Crippen LogP contribution in [0.1, 0.15) is 22.8 Å². The van der Waals surface area contributed by atoms with E-state index < -0.39 is 17.3 Å². The van der Waals surface area contributed by atoms with Crippen LogP contribution in [0.15, 0.2) is 48.5 Å². The molecule has 2 rings (SSSR count). The van der Waals surface area contributed by atoms with Gasteiger partial charge in [0.1, 0.15) is 11.6 Å². The molecule has 1 amide bonds. The third-order valence-corrected chi connectivity index (χ3v) is 3.43. The van der Waals surface area contributed by atoms with Gasteiger partial charge in [-0.15, -0.1) is 0 Å². The normalized spacial score (nSPS) is 13.4. The van der Waals surface area contributed by atoms with Crippen molar-refractivity contribution in [2.45, 2.75) is 12.5 Å². The zero-order valence-electron chi connectivity index (χ0n) is 12.5. The molecule has 0 spiro atoms. The molecule has 0 bridgehead atoms. The van der Waals surface area contributed by atoms with Crippen molar-refractivity contribution in [2.24, 2.45) is 0 Å². The fourth-order valence-electron chi connectivity index (χ4n) is 2.29. The monoisotopic (exact) mass is 303 g/mol. The SMILES string of the molecule is COC[C@](C)(NC(=O)c1ccc(O)cc1F)c1ccccc1. The second-order valence-corrected chi connectivity index (χ2v) is 5.25. The summed E-state index contributed by atoms with van der Waals surface area (Å²) in [6.45, 7) is 2.05. The molecule has 0 aliphatic rings. The third kappa shape index (κ3) is 3.43. The number of rotatable bonds is 5. The maximum atomic E-state index is 13.8. The van der Waals surface area contributed by atoms with Crippen LogP contribution in [-0.2, 0) is 10.3 Å². The molecule has 1 atom stereocenters. The Bertz CT molecular complexity index is 660. The highest BCUT2D eigenvalue weighted by Gasteiger charge is 2.29. The molecule has 0 aromatic heterocycles. The first kappa shape index (κ1) is 16.0. The second kappa shape index (κ2) is 6.58. The third-order valence-electron chi connectivity index (χ3n) is 3.43. The minimum absolute atomic E-state index is 0.129. The quantitative estimate of drug-likeness (QED) is 0.893. The number of carbonyl (C=O) groups is 1. The average molecular weight is 303 g/mol. The molecular formula is C17H18FNO3. The predicted molar refractivity (Wildman–Crippen MR) is 81.2 cm³/mol. The van der Waals surface area contributed by atoms with Gasteiger partial charge in [0, 0.05) is 13.2 Å². The number of aromatic hydroxyl groups is 1. The van der Waals surface area contributed by atoms with Crippen LogP contribution >= 0.6 is 0 Å². The summed E-state index contributed by atoms with van der Waals surface area (Å²) < 4.78 is 19.0. The summed E-state index contributed by atoms with van der Waals surface area (Å²) in [4.78, 5) is 12.4. The zero-order chi connectivity index (χ0) is 16.2. The number of hydrogen-bond acceptors (Lipinski definition) is 3. The molecule has 0 saturated heterocycles. The van der Waals surface area contributed by atoms with Crippen molar-refractivity contribution in [3.05, 3.63) is 65.5 Å². The number of amides is 1. The van der Waals surface area contributed by atoms with Gasteiger partial charge in [-0.1, -0.05) is 30.3 Å². The number of phenols is 1. The standard InChI is InChI=1S/C17H18FNO3/c1-17(11-22-2,12-6-4-3-5-7-12)19-16(21)14-9-8-13(20)10-15(14)18/h3-10,20H,11H2,1-2H3,(H,19,21)/t17-/m0/s1. The average Bonchev–Trinajstić information content (AvgIpc) is 2.48. The van der Waals surface area contributed by atoms with Crippen molar-refractivity contribution in [1.29, 1.82) is 0 Å². The van der Waals surface area contributed by atoms with Crippen molar-refractivity contribution in [3.63, 3.8) is 0 Å². The van der Waals surface area contributed by atoms with Gasteiger partial charge in [0.25, 0.3) is 5.91 Å². The first-order valence-electron chi connectivity index (χ1n) is 6.82. The van der Waals surface area contributed by atoms with Gasteiger partial charge in [0.15, 0.2) is 0 Å². The number of phenolic OH excluding ortho intramolecular Hbond substituents is 1. The molecule has 0 unspecified atom stereocenters. The minimum atomic E-state index is -0.794. The van der Waals surface area contributed by atoms with Gasteiger partial charge < -0.3 is 15.2 Å². The number of benzene rings is 2. The zero-order valence-corrected chi connectivity index (χ0v) is 12.5.